The van der Waals surface area contributed by atoms with Gasteiger partial charge in [0.25, 0.3) is 0 Å². The van der Waals surface area contributed by atoms with E-state index in [0.29, 0.717) is 5.54 Å². The fourth-order valence-corrected chi connectivity index (χ4v) is 5.19. The summed E-state index contributed by atoms with van der Waals surface area (Å²) in [7, 11) is 0. The van der Waals surface area contributed by atoms with Crippen molar-refractivity contribution in [3.63, 3.8) is 0 Å². The van der Waals surface area contributed by atoms with Crippen LogP contribution in [0.25, 0.3) is 0 Å². The summed E-state index contributed by atoms with van der Waals surface area (Å²) in [6, 6.07) is 0. The highest BCUT2D eigenvalue weighted by molar-refractivity contribution is 14.1. The third-order valence-corrected chi connectivity index (χ3v) is 6.39. The molecule has 0 amide bonds. The first kappa shape index (κ1) is 15.4. The predicted molar refractivity (Wildman–Crippen MR) is 93.7 cm³/mol. The summed E-state index contributed by atoms with van der Waals surface area (Å²) < 4.78 is 3.30. The normalized spacial score (nSPS) is 36.0. The number of aromatic nitrogens is 2. The lowest BCUT2D eigenvalue weighted by molar-refractivity contribution is -0.210. The molecule has 0 aromatic carbocycles. The van der Waals surface area contributed by atoms with Gasteiger partial charge in [-0.3, -0.25) is 4.90 Å². The van der Waals surface area contributed by atoms with Crippen LogP contribution in [0.1, 0.15) is 45.0 Å². The minimum absolute atomic E-state index is 0.200. The van der Waals surface area contributed by atoms with Crippen LogP contribution in [0, 0.1) is 9.62 Å². The van der Waals surface area contributed by atoms with Gasteiger partial charge >= 0.3 is 0 Å². The monoisotopic (exact) mass is 416 g/mol. The highest BCUT2D eigenvalue weighted by Crippen LogP contribution is 2.68. The van der Waals surface area contributed by atoms with Gasteiger partial charge in [0.15, 0.2) is 0 Å². The lowest BCUT2D eigenvalue weighted by atomic mass is 9.43. The number of nitrogens with one attached hydrogen (secondary N) is 1. The van der Waals surface area contributed by atoms with Gasteiger partial charge in [0, 0.05) is 37.9 Å². The summed E-state index contributed by atoms with van der Waals surface area (Å²) in [5.74, 6) is 1.07. The van der Waals surface area contributed by atoms with Crippen LogP contribution >= 0.6 is 22.6 Å². The van der Waals surface area contributed by atoms with Crippen LogP contribution in [0.5, 0.6) is 0 Å². The zero-order valence-electron chi connectivity index (χ0n) is 13.3. The molecular weight excluding hydrogens is 391 g/mol. The van der Waals surface area contributed by atoms with E-state index in [9.17, 15) is 5.11 Å². The maximum absolute atomic E-state index is 10.5. The molecule has 3 aliphatic carbocycles. The van der Waals surface area contributed by atoms with E-state index in [2.05, 4.69) is 62.4 Å². The van der Waals surface area contributed by atoms with E-state index in [1.54, 1.807) is 0 Å². The molecule has 1 saturated heterocycles. The van der Waals surface area contributed by atoms with Crippen LogP contribution in [0.2, 0.25) is 0 Å². The van der Waals surface area contributed by atoms with E-state index >= 15 is 0 Å². The Morgan fingerprint density at radius 1 is 1.23 bits per heavy atom. The largest absolute Gasteiger partial charge is 0.385 e. The summed E-state index contributed by atoms with van der Waals surface area (Å²) >= 11 is 2.27. The number of halogens is 1. The van der Waals surface area contributed by atoms with Gasteiger partial charge in [-0.25, -0.2) is 4.98 Å². The average molecular weight is 416 g/mol. The van der Waals surface area contributed by atoms with Crippen LogP contribution in [0.15, 0.2) is 6.20 Å². The molecular formula is C16H25IN4O. The zero-order chi connectivity index (χ0) is 15.5. The molecule has 0 spiro atoms. The van der Waals surface area contributed by atoms with Gasteiger partial charge in [-0.2, -0.15) is 0 Å². The zero-order valence-corrected chi connectivity index (χ0v) is 15.5. The van der Waals surface area contributed by atoms with Crippen molar-refractivity contribution in [1.29, 1.82) is 0 Å². The molecule has 4 aliphatic rings. The standard InChI is InChI=1S/C16H25IN4O/c1-11(2)13(22)14-19-12(17)7-21(14)16-8-15(9-16,10-16)20-5-3-18-4-6-20/h7,11,13,18,22H,3-6,8-10H2,1-2H3. The molecule has 5 nitrogen and oxygen atoms in total. The van der Waals surface area contributed by atoms with Gasteiger partial charge in [-0.15, -0.1) is 0 Å². The Balaban J connectivity index is 1.54. The van der Waals surface area contributed by atoms with E-state index in [1.807, 2.05) is 0 Å². The average Bonchev–Trinajstić information content (AvgIpc) is 2.78. The van der Waals surface area contributed by atoms with Gasteiger partial charge in [0.2, 0.25) is 0 Å². The summed E-state index contributed by atoms with van der Waals surface area (Å²) in [4.78, 5) is 7.30. The Morgan fingerprint density at radius 2 is 1.86 bits per heavy atom. The van der Waals surface area contributed by atoms with Gasteiger partial charge in [0.05, 0.1) is 5.54 Å². The summed E-state index contributed by atoms with van der Waals surface area (Å²) in [6.45, 7) is 8.71. The Labute approximate surface area is 145 Å². The molecule has 2 N–H and O–H groups in total. The van der Waals surface area contributed by atoms with Crippen molar-refractivity contribution in [2.45, 2.75) is 50.3 Å². The van der Waals surface area contributed by atoms with Gasteiger partial charge < -0.3 is 15.0 Å². The maximum atomic E-state index is 10.5. The number of rotatable bonds is 4. The number of imidazole rings is 1. The van der Waals surface area contributed by atoms with E-state index in [4.69, 9.17) is 0 Å². The van der Waals surface area contributed by atoms with E-state index in [1.165, 1.54) is 32.4 Å². The topological polar surface area (TPSA) is 53.3 Å². The molecule has 1 aromatic rings. The highest BCUT2D eigenvalue weighted by Gasteiger charge is 2.71. The number of aliphatic hydroxyl groups is 1. The quantitative estimate of drug-likeness (QED) is 0.735. The minimum Gasteiger partial charge on any atom is -0.385 e. The third-order valence-electron chi connectivity index (χ3n) is 5.87. The van der Waals surface area contributed by atoms with E-state index in [0.717, 1.165) is 22.6 Å². The Hall–Kier alpha value is -0.180. The SMILES string of the molecule is CC(C)C(O)c1nc(I)cn1C12CC(N3CCNCC3)(C1)C2. The first-order valence-electron chi connectivity index (χ1n) is 8.35. The van der Waals surface area contributed by atoms with E-state index < -0.39 is 6.10 Å². The third kappa shape index (κ3) is 2.10. The molecule has 1 aromatic heterocycles. The molecule has 2 bridgehead atoms. The second-order valence-electron chi connectivity index (χ2n) is 7.70. The van der Waals surface area contributed by atoms with Crippen molar-refractivity contribution >= 4 is 22.6 Å². The second kappa shape index (κ2) is 5.16. The van der Waals surface area contributed by atoms with E-state index in [-0.39, 0.29) is 11.5 Å². The van der Waals surface area contributed by atoms with Crippen LogP contribution in [-0.2, 0) is 5.54 Å². The highest BCUT2D eigenvalue weighted by atomic mass is 127. The number of hydrogen-bond donors (Lipinski definition) is 2. The summed E-state index contributed by atoms with van der Waals surface area (Å²) in [5.41, 5.74) is 0.671. The summed E-state index contributed by atoms with van der Waals surface area (Å²) in [6.07, 6.45) is 5.36. The van der Waals surface area contributed by atoms with Crippen LogP contribution in [-0.4, -0.2) is 51.3 Å². The molecule has 6 heteroatoms. The minimum atomic E-state index is -0.465. The van der Waals surface area contributed by atoms with Crippen molar-refractivity contribution in [2.24, 2.45) is 5.92 Å². The smallest absolute Gasteiger partial charge is 0.139 e. The van der Waals surface area contributed by atoms with Crippen molar-refractivity contribution in [2.75, 3.05) is 26.2 Å². The number of piperazine rings is 1. The number of aliphatic hydroxyl groups excluding tert-OH is 1. The van der Waals surface area contributed by atoms with Crippen molar-refractivity contribution in [1.82, 2.24) is 19.8 Å². The predicted octanol–water partition coefficient (Wildman–Crippen LogP) is 1.71. The second-order valence-corrected chi connectivity index (χ2v) is 8.80. The van der Waals surface area contributed by atoms with Crippen molar-refractivity contribution in [3.8, 4) is 0 Å². The molecule has 3 saturated carbocycles. The molecule has 1 atom stereocenters. The molecule has 1 aliphatic heterocycles. The number of nitrogens with zero attached hydrogens (tertiary/aromatic N) is 3. The number of hydrogen-bond acceptors (Lipinski definition) is 4. The molecule has 2 heterocycles. The first-order chi connectivity index (χ1) is 10.5. The lowest BCUT2D eigenvalue weighted by Crippen LogP contribution is -2.80. The fraction of sp³-hybridized carbons (Fsp3) is 0.812. The molecule has 1 unspecified atom stereocenters. The first-order valence-corrected chi connectivity index (χ1v) is 9.43. The Bertz CT molecular complexity index is 559. The molecule has 5 rings (SSSR count). The maximum Gasteiger partial charge on any atom is 0.139 e. The van der Waals surface area contributed by atoms with Crippen molar-refractivity contribution in [3.05, 3.63) is 15.7 Å². The van der Waals surface area contributed by atoms with Gasteiger partial charge in [-0.05, 0) is 47.8 Å². The van der Waals surface area contributed by atoms with Gasteiger partial charge in [0.1, 0.15) is 15.6 Å². The Kier molecular flexibility index (Phi) is 3.60. The molecule has 0 radical (unpaired) electrons. The summed E-state index contributed by atoms with van der Waals surface area (Å²) in [5, 5.41) is 13.9. The van der Waals surface area contributed by atoms with Crippen LogP contribution in [0.3, 0.4) is 0 Å². The molecule has 4 fully saturated rings. The van der Waals surface area contributed by atoms with Crippen LogP contribution < -0.4 is 5.32 Å². The molecule has 22 heavy (non-hydrogen) atoms. The Morgan fingerprint density at radius 3 is 2.45 bits per heavy atom. The van der Waals surface area contributed by atoms with Crippen LogP contribution in [0.4, 0.5) is 0 Å². The molecule has 122 valence electrons. The lowest BCUT2D eigenvalue weighted by Gasteiger charge is -2.74. The van der Waals surface area contributed by atoms with Gasteiger partial charge in [-0.1, -0.05) is 13.8 Å². The van der Waals surface area contributed by atoms with Crippen molar-refractivity contribution < 1.29 is 5.11 Å². The fourth-order valence-electron chi connectivity index (χ4n) is 4.66.